The fourth-order valence-corrected chi connectivity index (χ4v) is 2.44. The molecule has 1 fully saturated rings. The van der Waals surface area contributed by atoms with Crippen LogP contribution in [0.1, 0.15) is 42.7 Å². The van der Waals surface area contributed by atoms with Gasteiger partial charge in [-0.3, -0.25) is 14.6 Å². The maximum Gasteiger partial charge on any atom is 0.341 e. The van der Waals surface area contributed by atoms with Crippen LogP contribution >= 0.6 is 0 Å². The first-order valence-corrected chi connectivity index (χ1v) is 7.03. The first kappa shape index (κ1) is 15.2. The second-order valence-corrected chi connectivity index (χ2v) is 5.15. The highest BCUT2D eigenvalue weighted by Gasteiger charge is 2.24. The molecule has 1 heterocycles. The predicted molar refractivity (Wildman–Crippen MR) is 74.5 cm³/mol. The van der Waals surface area contributed by atoms with E-state index in [-0.39, 0.29) is 23.8 Å². The number of nitrogens with two attached hydrogens (primary N) is 1. The van der Waals surface area contributed by atoms with E-state index < -0.39 is 11.6 Å². The fraction of sp³-hybridized carbons (Fsp3) is 0.667. The Kier molecular flexibility index (Phi) is 5.09. The molecule has 1 aliphatic carbocycles. The number of rotatable bonds is 5. The van der Waals surface area contributed by atoms with E-state index in [1.54, 1.807) is 0 Å². The number of H-pyrrole nitrogens is 2. The predicted octanol–water partition coefficient (Wildman–Crippen LogP) is -1.40. The van der Waals surface area contributed by atoms with Gasteiger partial charge in [0.1, 0.15) is 0 Å². The summed E-state index contributed by atoms with van der Waals surface area (Å²) >= 11 is 0. The van der Waals surface area contributed by atoms with Crippen molar-refractivity contribution in [1.29, 1.82) is 0 Å². The van der Waals surface area contributed by atoms with Crippen molar-refractivity contribution in [3.63, 3.8) is 0 Å². The number of aromatic nitrogens is 3. The summed E-state index contributed by atoms with van der Waals surface area (Å²) in [6.45, 7) is 0.346. The molecule has 0 saturated heterocycles. The zero-order valence-electron chi connectivity index (χ0n) is 11.6. The summed E-state index contributed by atoms with van der Waals surface area (Å²) in [5.41, 5.74) is 4.82. The molecule has 0 radical (unpaired) electrons. The summed E-state index contributed by atoms with van der Waals surface area (Å²) in [4.78, 5) is 36.5. The first-order chi connectivity index (χ1) is 10.1. The van der Waals surface area contributed by atoms with Crippen LogP contribution in [0.2, 0.25) is 0 Å². The van der Waals surface area contributed by atoms with Crippen LogP contribution < -0.4 is 22.1 Å². The Hall–Kier alpha value is -2.16. The molecule has 0 bridgehead atoms. The molecule has 0 aromatic carbocycles. The van der Waals surface area contributed by atoms with E-state index in [1.807, 2.05) is 0 Å². The van der Waals surface area contributed by atoms with Gasteiger partial charge in [-0.25, -0.2) is 9.89 Å². The standard InChI is InChI=1S/C12H20N6O3/c13-6-5-9(19)14-7-1-3-8(4-2-7)15-11(20)10-16-12(21)18-17-10/h7-8H,1-6,13H2,(H,14,19)(H,15,20)(H2,16,17,18,21)/t7-,8-. The Balaban J connectivity index is 1.75. The SMILES string of the molecule is NCCC(=O)N[C@H]1CC[C@H](NC(=O)c2n[nH]c(=O)[nH]2)CC1. The van der Waals surface area contributed by atoms with Gasteiger partial charge in [0.25, 0.3) is 5.91 Å². The minimum Gasteiger partial charge on any atom is -0.353 e. The molecule has 1 aromatic heterocycles. The van der Waals surface area contributed by atoms with E-state index in [2.05, 4.69) is 25.8 Å². The molecule has 0 unspecified atom stereocenters. The number of aromatic amines is 2. The van der Waals surface area contributed by atoms with Gasteiger partial charge in [0.05, 0.1) is 0 Å². The van der Waals surface area contributed by atoms with Crippen LogP contribution in [0, 0.1) is 0 Å². The minimum absolute atomic E-state index is 0.0154. The van der Waals surface area contributed by atoms with Crippen LogP contribution in [0.15, 0.2) is 4.79 Å². The smallest absolute Gasteiger partial charge is 0.341 e. The third kappa shape index (κ3) is 4.42. The Labute approximate surface area is 121 Å². The Morgan fingerprint density at radius 1 is 1.19 bits per heavy atom. The van der Waals surface area contributed by atoms with Crippen LogP contribution in [0.5, 0.6) is 0 Å². The second-order valence-electron chi connectivity index (χ2n) is 5.15. The van der Waals surface area contributed by atoms with E-state index in [0.29, 0.717) is 13.0 Å². The normalized spacial score (nSPS) is 21.8. The number of nitrogens with one attached hydrogen (secondary N) is 4. The molecular weight excluding hydrogens is 276 g/mol. The number of hydrogen-bond acceptors (Lipinski definition) is 5. The average Bonchev–Trinajstić information content (AvgIpc) is 2.88. The van der Waals surface area contributed by atoms with Crippen LogP contribution in [-0.2, 0) is 4.79 Å². The highest BCUT2D eigenvalue weighted by atomic mass is 16.2. The Bertz CT molecular complexity index is 543. The van der Waals surface area contributed by atoms with Gasteiger partial charge in [0, 0.05) is 25.0 Å². The topological polar surface area (TPSA) is 146 Å². The average molecular weight is 296 g/mol. The summed E-state index contributed by atoms with van der Waals surface area (Å²) in [5, 5.41) is 11.5. The number of hydrogen-bond donors (Lipinski definition) is 5. The molecule has 1 saturated carbocycles. The maximum absolute atomic E-state index is 11.8. The molecule has 0 spiro atoms. The number of carbonyl (C=O) groups is 2. The van der Waals surface area contributed by atoms with Crippen molar-refractivity contribution >= 4 is 11.8 Å². The lowest BCUT2D eigenvalue weighted by atomic mass is 9.91. The van der Waals surface area contributed by atoms with Crippen molar-refractivity contribution < 1.29 is 9.59 Å². The van der Waals surface area contributed by atoms with Gasteiger partial charge in [-0.15, -0.1) is 5.10 Å². The van der Waals surface area contributed by atoms with Gasteiger partial charge < -0.3 is 16.4 Å². The van der Waals surface area contributed by atoms with Crippen molar-refractivity contribution in [3.05, 3.63) is 16.3 Å². The molecule has 1 aromatic rings. The van der Waals surface area contributed by atoms with Crippen LogP contribution in [0.25, 0.3) is 0 Å². The molecule has 21 heavy (non-hydrogen) atoms. The Morgan fingerprint density at radius 3 is 2.33 bits per heavy atom. The van der Waals surface area contributed by atoms with Gasteiger partial charge >= 0.3 is 5.69 Å². The molecule has 6 N–H and O–H groups in total. The molecule has 9 heteroatoms. The van der Waals surface area contributed by atoms with Crippen LogP contribution in [0.3, 0.4) is 0 Å². The zero-order valence-corrected chi connectivity index (χ0v) is 11.6. The van der Waals surface area contributed by atoms with Crippen molar-refractivity contribution in [2.75, 3.05) is 6.54 Å². The van der Waals surface area contributed by atoms with Crippen LogP contribution in [-0.4, -0.2) is 45.6 Å². The summed E-state index contributed by atoms with van der Waals surface area (Å²) in [5.74, 6) is -0.443. The number of nitrogens with zero attached hydrogens (tertiary/aromatic N) is 1. The van der Waals surface area contributed by atoms with E-state index in [4.69, 9.17) is 5.73 Å². The van der Waals surface area contributed by atoms with Crippen molar-refractivity contribution in [2.24, 2.45) is 5.73 Å². The summed E-state index contributed by atoms with van der Waals surface area (Å²) in [6, 6.07) is 0.169. The molecule has 2 rings (SSSR count). The van der Waals surface area contributed by atoms with Crippen molar-refractivity contribution in [2.45, 2.75) is 44.2 Å². The number of carbonyl (C=O) groups excluding carboxylic acids is 2. The lowest BCUT2D eigenvalue weighted by Crippen LogP contribution is -2.44. The van der Waals surface area contributed by atoms with Gasteiger partial charge in [-0.1, -0.05) is 0 Å². The second kappa shape index (κ2) is 7.02. The van der Waals surface area contributed by atoms with E-state index in [1.165, 1.54) is 0 Å². The highest BCUT2D eigenvalue weighted by Crippen LogP contribution is 2.18. The lowest BCUT2D eigenvalue weighted by Gasteiger charge is -2.29. The molecule has 2 amide bonds. The van der Waals surface area contributed by atoms with Gasteiger partial charge in [-0.2, -0.15) is 0 Å². The monoisotopic (exact) mass is 296 g/mol. The lowest BCUT2D eigenvalue weighted by molar-refractivity contribution is -0.121. The van der Waals surface area contributed by atoms with Crippen molar-refractivity contribution in [3.8, 4) is 0 Å². The zero-order chi connectivity index (χ0) is 15.2. The van der Waals surface area contributed by atoms with Gasteiger partial charge in [0.2, 0.25) is 11.7 Å². The Morgan fingerprint density at radius 2 is 1.81 bits per heavy atom. The maximum atomic E-state index is 11.8. The minimum atomic E-state index is -0.508. The molecule has 116 valence electrons. The summed E-state index contributed by atoms with van der Waals surface area (Å²) in [6.07, 6.45) is 3.49. The van der Waals surface area contributed by atoms with Gasteiger partial charge in [-0.05, 0) is 25.7 Å². The quantitative estimate of drug-likeness (QED) is 0.454. The molecule has 0 aliphatic heterocycles. The van der Waals surface area contributed by atoms with Crippen LogP contribution in [0.4, 0.5) is 0 Å². The largest absolute Gasteiger partial charge is 0.353 e. The third-order valence-corrected chi connectivity index (χ3v) is 3.52. The first-order valence-electron chi connectivity index (χ1n) is 7.03. The molecule has 0 atom stereocenters. The number of amides is 2. The molecule has 1 aliphatic rings. The highest BCUT2D eigenvalue weighted by molar-refractivity contribution is 5.90. The van der Waals surface area contributed by atoms with E-state index in [0.717, 1.165) is 25.7 Å². The molecule has 9 nitrogen and oxygen atoms in total. The third-order valence-electron chi connectivity index (χ3n) is 3.52. The molecular formula is C12H20N6O3. The summed E-state index contributed by atoms with van der Waals surface area (Å²) < 4.78 is 0. The van der Waals surface area contributed by atoms with Crippen molar-refractivity contribution in [1.82, 2.24) is 25.8 Å². The van der Waals surface area contributed by atoms with E-state index in [9.17, 15) is 14.4 Å². The fourth-order valence-electron chi connectivity index (χ4n) is 2.44. The summed E-state index contributed by atoms with van der Waals surface area (Å²) in [7, 11) is 0. The van der Waals surface area contributed by atoms with Gasteiger partial charge in [0.15, 0.2) is 0 Å². The van der Waals surface area contributed by atoms with E-state index >= 15 is 0 Å².